The topological polar surface area (TPSA) is 30.0 Å². The van der Waals surface area contributed by atoms with Gasteiger partial charge in [-0.3, -0.25) is 9.78 Å². The Balaban J connectivity index is 0.00000121. The van der Waals surface area contributed by atoms with E-state index in [1.54, 1.807) is 6.92 Å². The Morgan fingerprint density at radius 3 is 2.92 bits per heavy atom. The van der Waals surface area contributed by atoms with Crippen molar-refractivity contribution in [3.05, 3.63) is 29.8 Å². The second-order valence-corrected chi connectivity index (χ2v) is 2.04. The van der Waals surface area contributed by atoms with Crippen molar-refractivity contribution in [2.45, 2.75) is 13.3 Å². The van der Waals surface area contributed by atoms with Gasteiger partial charge in [0.1, 0.15) is 5.95 Å². The molecule has 4 heteroatoms. The van der Waals surface area contributed by atoms with Crippen LogP contribution < -0.4 is 0 Å². The van der Waals surface area contributed by atoms with Crippen molar-refractivity contribution in [2.75, 3.05) is 0 Å². The molecule has 0 N–H and O–H groups in total. The smallest absolute Gasteiger partial charge is 0.162 e. The maximum atomic E-state index is 12.3. The number of Topliss-reactive ketones (excluding diaryl/α,β-unsaturated/α-hetero) is 1. The van der Waals surface area contributed by atoms with E-state index in [1.807, 2.05) is 0 Å². The molecule has 2 nitrogen and oxygen atoms in total. The van der Waals surface area contributed by atoms with Gasteiger partial charge in [0.2, 0.25) is 0 Å². The van der Waals surface area contributed by atoms with Gasteiger partial charge in [-0.15, -0.1) is 0 Å². The molecule has 1 aromatic heterocycles. The van der Waals surface area contributed by atoms with Crippen LogP contribution in [0.4, 0.5) is 4.39 Å². The third-order valence-corrected chi connectivity index (χ3v) is 1.27. The van der Waals surface area contributed by atoms with Crippen LogP contribution in [0.25, 0.3) is 0 Å². The molecule has 1 aromatic rings. The van der Waals surface area contributed by atoms with Crippen LogP contribution in [0.15, 0.2) is 12.1 Å². The first-order chi connectivity index (χ1) is 5.24. The molecule has 63 valence electrons. The van der Waals surface area contributed by atoms with E-state index in [0.717, 1.165) is 0 Å². The molecule has 0 atom stereocenters. The van der Waals surface area contributed by atoms with Crippen molar-refractivity contribution in [2.24, 2.45) is 0 Å². The summed E-state index contributed by atoms with van der Waals surface area (Å²) in [5, 5.41) is 0. The first kappa shape index (κ1) is 11.3. The minimum atomic E-state index is -0.732. The Morgan fingerprint density at radius 1 is 1.75 bits per heavy atom. The molecular weight excluding hydrogens is 196 g/mol. The van der Waals surface area contributed by atoms with Crippen LogP contribution in [0.5, 0.6) is 0 Å². The summed E-state index contributed by atoms with van der Waals surface area (Å²) in [6.07, 6.45) is 0.344. The zero-order chi connectivity index (χ0) is 8.27. The zero-order valence-corrected chi connectivity index (χ0v) is 7.94. The van der Waals surface area contributed by atoms with Gasteiger partial charge in [-0.25, -0.2) is 10.5 Å². The van der Waals surface area contributed by atoms with E-state index in [0.29, 0.717) is 6.42 Å². The number of hydrogen-bond donors (Lipinski definition) is 0. The van der Waals surface area contributed by atoms with E-state index >= 15 is 0 Å². The SMILES string of the molecule is CCC(=O)c1cc[c-]c(F)n1.[V]. The predicted molar refractivity (Wildman–Crippen MR) is 37.7 cm³/mol. The molecule has 0 fully saturated rings. The van der Waals surface area contributed by atoms with Crippen molar-refractivity contribution >= 4 is 5.78 Å². The minimum Gasteiger partial charge on any atom is -0.294 e. The third kappa shape index (κ3) is 2.76. The molecule has 1 rings (SSSR count). The molecule has 1 heterocycles. The largest absolute Gasteiger partial charge is 0.294 e. The molecule has 0 amide bonds. The van der Waals surface area contributed by atoms with Crippen LogP contribution in [0.2, 0.25) is 0 Å². The van der Waals surface area contributed by atoms with Gasteiger partial charge in [-0.2, -0.15) is 12.1 Å². The molecule has 0 bridgehead atoms. The number of hydrogen-bond acceptors (Lipinski definition) is 2. The molecule has 0 aliphatic rings. The average Bonchev–Trinajstić information content (AvgIpc) is 2.03. The summed E-state index contributed by atoms with van der Waals surface area (Å²) in [6.45, 7) is 1.71. The van der Waals surface area contributed by atoms with Crippen LogP contribution in [-0.2, 0) is 18.6 Å². The number of pyridine rings is 1. The van der Waals surface area contributed by atoms with Crippen LogP contribution in [-0.4, -0.2) is 10.8 Å². The minimum absolute atomic E-state index is 0. The fourth-order valence-electron chi connectivity index (χ4n) is 0.701. The Hall–Kier alpha value is -0.666. The van der Waals surface area contributed by atoms with E-state index in [2.05, 4.69) is 11.1 Å². The van der Waals surface area contributed by atoms with Crippen LogP contribution in [0.3, 0.4) is 0 Å². The monoisotopic (exact) mass is 203 g/mol. The Morgan fingerprint density at radius 2 is 2.42 bits per heavy atom. The third-order valence-electron chi connectivity index (χ3n) is 1.27. The predicted octanol–water partition coefficient (Wildman–Crippen LogP) is 1.61. The van der Waals surface area contributed by atoms with Gasteiger partial charge in [-0.05, 0) is 0 Å². The van der Waals surface area contributed by atoms with Gasteiger partial charge < -0.3 is 0 Å². The Kier molecular flexibility index (Phi) is 4.78. The van der Waals surface area contributed by atoms with Gasteiger partial charge in [0.05, 0.1) is 0 Å². The van der Waals surface area contributed by atoms with Crippen molar-refractivity contribution in [3.8, 4) is 0 Å². The average molecular weight is 203 g/mol. The number of carbonyl (C=O) groups excluding carboxylic acids is 1. The van der Waals surface area contributed by atoms with Crippen LogP contribution in [0, 0.1) is 12.0 Å². The van der Waals surface area contributed by atoms with Gasteiger partial charge in [-0.1, -0.05) is 6.92 Å². The van der Waals surface area contributed by atoms with Crippen molar-refractivity contribution in [1.29, 1.82) is 0 Å². The summed E-state index contributed by atoms with van der Waals surface area (Å²) < 4.78 is 12.3. The fraction of sp³-hybridized carbons (Fsp3) is 0.250. The summed E-state index contributed by atoms with van der Waals surface area (Å²) in [7, 11) is 0. The number of nitrogens with zero attached hydrogens (tertiary/aromatic N) is 1. The van der Waals surface area contributed by atoms with Crippen molar-refractivity contribution in [1.82, 2.24) is 4.98 Å². The number of carbonyl (C=O) groups is 1. The summed E-state index contributed by atoms with van der Waals surface area (Å²) in [5.74, 6) is -0.887. The van der Waals surface area contributed by atoms with E-state index in [1.165, 1.54) is 12.1 Å². The van der Waals surface area contributed by atoms with Gasteiger partial charge in [0.15, 0.2) is 5.78 Å². The summed E-state index contributed by atoms with van der Waals surface area (Å²) in [4.78, 5) is 14.3. The van der Waals surface area contributed by atoms with Crippen LogP contribution >= 0.6 is 0 Å². The molecular formula is C8H7FNOV-. The number of aromatic nitrogens is 1. The molecule has 0 spiro atoms. The van der Waals surface area contributed by atoms with Crippen molar-refractivity contribution < 1.29 is 27.7 Å². The van der Waals surface area contributed by atoms with Crippen LogP contribution in [0.1, 0.15) is 23.8 Å². The standard InChI is InChI=1S/C8H7FNO.V/c1-2-7(11)6-4-3-5-8(9)10-6;/h3-4H,2H2,1H3;/q-1;. The van der Waals surface area contributed by atoms with Gasteiger partial charge in [0, 0.05) is 30.7 Å². The Bertz CT molecular complexity index is 278. The zero-order valence-electron chi connectivity index (χ0n) is 6.54. The first-order valence-corrected chi connectivity index (χ1v) is 3.31. The molecule has 12 heavy (non-hydrogen) atoms. The maximum absolute atomic E-state index is 12.3. The fourth-order valence-corrected chi connectivity index (χ4v) is 0.701. The molecule has 0 aromatic carbocycles. The summed E-state index contributed by atoms with van der Waals surface area (Å²) in [5.41, 5.74) is 0.170. The van der Waals surface area contributed by atoms with E-state index in [4.69, 9.17) is 0 Å². The molecule has 0 aliphatic heterocycles. The van der Waals surface area contributed by atoms with E-state index < -0.39 is 5.95 Å². The molecule has 0 saturated heterocycles. The van der Waals surface area contributed by atoms with E-state index in [9.17, 15) is 9.18 Å². The number of halogens is 1. The summed E-state index contributed by atoms with van der Waals surface area (Å²) in [6, 6.07) is 5.03. The molecule has 1 radical (unpaired) electrons. The summed E-state index contributed by atoms with van der Waals surface area (Å²) >= 11 is 0. The maximum Gasteiger partial charge on any atom is 0.162 e. The van der Waals surface area contributed by atoms with Gasteiger partial charge in [0.25, 0.3) is 0 Å². The number of ketones is 1. The van der Waals surface area contributed by atoms with E-state index in [-0.39, 0.29) is 30.0 Å². The molecule has 0 saturated carbocycles. The van der Waals surface area contributed by atoms with Gasteiger partial charge >= 0.3 is 0 Å². The quantitative estimate of drug-likeness (QED) is 0.415. The molecule has 0 unspecified atom stereocenters. The normalized spacial score (nSPS) is 8.83. The second kappa shape index (κ2) is 5.06. The first-order valence-electron chi connectivity index (χ1n) is 3.31. The number of rotatable bonds is 2. The Labute approximate surface area is 82.1 Å². The van der Waals surface area contributed by atoms with Crippen molar-refractivity contribution in [3.63, 3.8) is 0 Å². The second-order valence-electron chi connectivity index (χ2n) is 2.04. The molecule has 0 aliphatic carbocycles.